The minimum absolute atomic E-state index is 0.0403. The predicted molar refractivity (Wildman–Crippen MR) is 169 cm³/mol. The molecular formula is C26H40Cl4N10Zn. The molecule has 41 heavy (non-hydrogen) atoms. The van der Waals surface area contributed by atoms with Crippen molar-refractivity contribution in [1.82, 2.24) is 9.80 Å². The molecule has 0 radical (unpaired) electrons. The van der Waals surface area contributed by atoms with Crippen molar-refractivity contribution in [1.29, 1.82) is 0 Å². The van der Waals surface area contributed by atoms with Gasteiger partial charge >= 0.3 is 49.6 Å². The van der Waals surface area contributed by atoms with Gasteiger partial charge in [0.25, 0.3) is 12.6 Å². The molecule has 2 N–H and O–H groups in total. The minimum atomic E-state index is -3.36. The summed E-state index contributed by atoms with van der Waals surface area (Å²) >= 11 is 0. The van der Waals surface area contributed by atoms with Crippen molar-refractivity contribution < 1.29 is 20.6 Å². The molecule has 224 valence electrons. The summed E-state index contributed by atoms with van der Waals surface area (Å²) in [6, 6.07) is 16.1. The van der Waals surface area contributed by atoms with Crippen molar-refractivity contribution in [3.05, 3.63) is 73.3 Å². The van der Waals surface area contributed by atoms with Crippen LogP contribution in [-0.4, -0.2) is 78.8 Å². The summed E-state index contributed by atoms with van der Waals surface area (Å²) in [5, 5.41) is 17.3. The Kier molecular flexibility index (Phi) is 14.3. The fourth-order valence-electron chi connectivity index (χ4n) is 3.67. The fourth-order valence-corrected chi connectivity index (χ4v) is 3.67. The van der Waals surface area contributed by atoms with E-state index in [2.05, 4.69) is 56.8 Å². The van der Waals surface area contributed by atoms with Gasteiger partial charge in [0.05, 0.1) is 37.9 Å². The average molecular weight is 700 g/mol. The first kappa shape index (κ1) is 35.2. The molecule has 0 aromatic heterocycles. The predicted octanol–water partition coefficient (Wildman–Crippen LogP) is 4.86. The standard InChI is InChI=1S/2C13H19N5.4ClH.Zn/c2*1-16(2)12-7-5-11(6-8-12)14-15-13-17(3)9-10-18(13)4;;;;;/h2*5-10,13H,1-4H3;4*1H;/q;;;;;;+2/p-2. The Bertz CT molecular complexity index is 1070. The molecule has 0 saturated carbocycles. The third-order valence-corrected chi connectivity index (χ3v) is 6.03. The molecule has 0 saturated heterocycles. The number of quaternary nitrogens is 2. The maximum atomic E-state index is 5.05. The molecule has 2 aromatic carbocycles. The number of hydrogen-bond donors (Lipinski definition) is 2. The number of benzene rings is 2. The van der Waals surface area contributed by atoms with Crippen molar-refractivity contribution in [3.8, 4) is 0 Å². The molecule has 10 nitrogen and oxygen atoms in total. The van der Waals surface area contributed by atoms with Crippen molar-refractivity contribution in [2.45, 2.75) is 12.6 Å². The number of halogens is 4. The van der Waals surface area contributed by atoms with E-state index in [1.165, 1.54) is 9.80 Å². The molecule has 2 heterocycles. The number of nitrogens with zero attached hydrogens (tertiary/aromatic N) is 8. The number of nitrogens with one attached hydrogen (secondary N) is 2. The number of azo groups is 2. The van der Waals surface area contributed by atoms with Crippen LogP contribution in [0.4, 0.5) is 22.7 Å². The zero-order valence-corrected chi connectivity index (χ0v) is 30.9. The van der Waals surface area contributed by atoms with Crippen molar-refractivity contribution in [2.24, 2.45) is 20.5 Å². The van der Waals surface area contributed by atoms with E-state index < -0.39 is 10.8 Å². The van der Waals surface area contributed by atoms with E-state index >= 15 is 0 Å². The first-order chi connectivity index (χ1) is 19.2. The Morgan fingerprint density at radius 1 is 0.634 bits per heavy atom. The van der Waals surface area contributed by atoms with Crippen LogP contribution in [-0.2, 0) is 10.8 Å². The van der Waals surface area contributed by atoms with Gasteiger partial charge in [0, 0.05) is 53.7 Å². The van der Waals surface area contributed by atoms with Crippen LogP contribution in [0.15, 0.2) is 93.8 Å². The van der Waals surface area contributed by atoms with Gasteiger partial charge in [-0.1, -0.05) is 0 Å². The second kappa shape index (κ2) is 16.6. The Labute approximate surface area is 263 Å². The summed E-state index contributed by atoms with van der Waals surface area (Å²) in [6.45, 7) is 0. The van der Waals surface area contributed by atoms with Crippen molar-refractivity contribution in [2.75, 3.05) is 66.2 Å². The van der Waals surface area contributed by atoms with Gasteiger partial charge in [0.15, 0.2) is 0 Å². The Morgan fingerprint density at radius 3 is 1.15 bits per heavy atom. The molecule has 0 spiro atoms. The van der Waals surface area contributed by atoms with E-state index in [1.54, 1.807) is 0 Å². The summed E-state index contributed by atoms with van der Waals surface area (Å²) in [5.74, 6) is 0. The molecule has 0 bridgehead atoms. The first-order valence-electron chi connectivity index (χ1n) is 13.1. The summed E-state index contributed by atoms with van der Waals surface area (Å²) < 4.78 is 0. The molecule has 4 atom stereocenters. The summed E-state index contributed by atoms with van der Waals surface area (Å²) in [7, 11) is 33.1. The summed E-state index contributed by atoms with van der Waals surface area (Å²) in [6.07, 6.45) is 8.26. The van der Waals surface area contributed by atoms with Gasteiger partial charge in [0.1, 0.15) is 12.4 Å². The quantitative estimate of drug-likeness (QED) is 0.334. The van der Waals surface area contributed by atoms with Crippen LogP contribution in [0.5, 0.6) is 0 Å². The Balaban J connectivity index is 0.000000247. The molecule has 2 aliphatic heterocycles. The fraction of sp³-hybridized carbons (Fsp3) is 0.385. The molecule has 4 unspecified atom stereocenters. The third kappa shape index (κ3) is 12.8. The van der Waals surface area contributed by atoms with Gasteiger partial charge in [-0.3, -0.25) is 9.80 Å². The van der Waals surface area contributed by atoms with E-state index in [0.29, 0.717) is 0 Å². The Morgan fingerprint density at radius 2 is 0.927 bits per heavy atom. The zero-order chi connectivity index (χ0) is 30.7. The molecule has 0 amide bonds. The number of hydrogen-bond acceptors (Lipinski definition) is 8. The number of rotatable bonds is 6. The van der Waals surface area contributed by atoms with Gasteiger partial charge in [0.2, 0.25) is 0 Å². The third-order valence-electron chi connectivity index (χ3n) is 6.03. The van der Waals surface area contributed by atoms with E-state index in [0.717, 1.165) is 22.7 Å². The molecule has 15 heteroatoms. The van der Waals surface area contributed by atoms with Crippen LogP contribution in [0.2, 0.25) is 0 Å². The van der Waals surface area contributed by atoms with Gasteiger partial charge in [-0.2, -0.15) is 0 Å². The van der Waals surface area contributed by atoms with Crippen molar-refractivity contribution in [3.63, 3.8) is 0 Å². The van der Waals surface area contributed by atoms with E-state index in [1.807, 2.05) is 113 Å². The SMILES string of the molecule is CN(C)c1ccc(N=NC2N(C)C=C[NH+]2C)cc1.CN(C)c1ccc(N=NC2N(C)C=C[NH+]2C)cc1.[Cl][Zn-2]([Cl])([Cl])[Cl]. The van der Waals surface area contributed by atoms with E-state index in [9.17, 15) is 0 Å². The summed E-state index contributed by atoms with van der Waals surface area (Å²) in [5.41, 5.74) is 4.09. The second-order valence-corrected chi connectivity index (χ2v) is 37.8. The molecule has 2 aromatic rings. The van der Waals surface area contributed by atoms with Crippen LogP contribution in [0.1, 0.15) is 0 Å². The summed E-state index contributed by atoms with van der Waals surface area (Å²) in [4.78, 5) is 10.7. The van der Waals surface area contributed by atoms with Gasteiger partial charge in [-0.15, -0.1) is 20.5 Å². The molecule has 0 aliphatic carbocycles. The second-order valence-electron chi connectivity index (χ2n) is 10.1. The normalized spacial score (nSPS) is 21.7. The molecule has 4 rings (SSSR count). The first-order valence-corrected chi connectivity index (χ1v) is 28.7. The van der Waals surface area contributed by atoms with Crippen LogP contribution in [0, 0.1) is 0 Å². The molecule has 0 fully saturated rings. The van der Waals surface area contributed by atoms with Crippen LogP contribution >= 0.6 is 38.8 Å². The van der Waals surface area contributed by atoms with Gasteiger partial charge in [-0.25, -0.2) is 0 Å². The van der Waals surface area contributed by atoms with E-state index in [4.69, 9.17) is 38.8 Å². The maximum absolute atomic E-state index is 5.05. The average Bonchev–Trinajstić information content (AvgIpc) is 3.40. The zero-order valence-electron chi connectivity index (χ0n) is 24.9. The van der Waals surface area contributed by atoms with Gasteiger partial charge < -0.3 is 19.6 Å². The van der Waals surface area contributed by atoms with Crippen LogP contribution < -0.4 is 19.6 Å². The van der Waals surface area contributed by atoms with Crippen molar-refractivity contribution >= 4 is 61.5 Å². The van der Waals surface area contributed by atoms with E-state index in [-0.39, 0.29) is 12.6 Å². The Hall–Kier alpha value is -1.98. The molecule has 2 aliphatic rings. The molecular weight excluding hydrogens is 660 g/mol. The number of anilines is 2. The monoisotopic (exact) mass is 696 g/mol. The van der Waals surface area contributed by atoms with Crippen LogP contribution in [0.3, 0.4) is 0 Å². The topological polar surface area (TPSA) is 71.3 Å². The van der Waals surface area contributed by atoms with Gasteiger partial charge in [-0.05, 0) is 48.5 Å². The van der Waals surface area contributed by atoms with Crippen LogP contribution in [0.25, 0.3) is 0 Å².